The second-order valence-electron chi connectivity index (χ2n) is 7.03. The Hall–Kier alpha value is -2.21. The first kappa shape index (κ1) is 20.1. The highest BCUT2D eigenvalue weighted by Crippen LogP contribution is 2.27. The van der Waals surface area contributed by atoms with Crippen LogP contribution in [0.25, 0.3) is 0 Å². The summed E-state index contributed by atoms with van der Waals surface area (Å²) in [4.78, 5) is 20.5. The first-order chi connectivity index (χ1) is 14.0. The number of hydroxylamine groups is 1. The number of amides is 1. The molecule has 3 heterocycles. The number of hydrogen-bond acceptors (Lipinski definition) is 8. The van der Waals surface area contributed by atoms with Crippen molar-refractivity contribution in [1.29, 1.82) is 0 Å². The number of benzene rings is 1. The van der Waals surface area contributed by atoms with Crippen molar-refractivity contribution in [2.24, 2.45) is 0 Å². The van der Waals surface area contributed by atoms with Crippen LogP contribution in [0.4, 0.5) is 10.8 Å². The summed E-state index contributed by atoms with van der Waals surface area (Å²) in [5.74, 6) is -0.604. The molecule has 1 amide bonds. The lowest BCUT2D eigenvalue weighted by atomic mass is 10.3. The summed E-state index contributed by atoms with van der Waals surface area (Å²) in [5.41, 5.74) is 2.55. The van der Waals surface area contributed by atoms with Gasteiger partial charge in [-0.15, -0.1) is 0 Å². The molecule has 1 aromatic carbocycles. The van der Waals surface area contributed by atoms with Crippen molar-refractivity contribution in [3.63, 3.8) is 0 Å². The Labute approximate surface area is 173 Å². The Kier molecular flexibility index (Phi) is 5.72. The van der Waals surface area contributed by atoms with Crippen molar-refractivity contribution in [2.75, 3.05) is 49.1 Å². The highest BCUT2D eigenvalue weighted by Gasteiger charge is 2.30. The molecule has 0 radical (unpaired) electrons. The lowest BCUT2D eigenvalue weighted by Gasteiger charge is -2.34. The highest BCUT2D eigenvalue weighted by atomic mass is 32.2. The normalized spacial score (nSPS) is 18.2. The van der Waals surface area contributed by atoms with E-state index in [0.717, 1.165) is 43.0 Å². The van der Waals surface area contributed by atoms with Gasteiger partial charge in [0.05, 0.1) is 11.1 Å². The zero-order valence-electron chi connectivity index (χ0n) is 15.8. The Morgan fingerprint density at radius 1 is 1.07 bits per heavy atom. The fourth-order valence-electron chi connectivity index (χ4n) is 3.66. The van der Waals surface area contributed by atoms with Crippen LogP contribution in [0.2, 0.25) is 0 Å². The number of nitrogens with zero attached hydrogens (tertiary/aromatic N) is 4. The number of nitrogens with one attached hydrogen (secondary N) is 1. The summed E-state index contributed by atoms with van der Waals surface area (Å²) in [5, 5.41) is 9.35. The minimum atomic E-state index is -3.57. The van der Waals surface area contributed by atoms with Gasteiger partial charge in [-0.3, -0.25) is 10.0 Å². The smallest absolute Gasteiger partial charge is 0.286 e. The predicted molar refractivity (Wildman–Crippen MR) is 110 cm³/mol. The number of piperazine rings is 1. The fourth-order valence-corrected chi connectivity index (χ4v) is 5.98. The van der Waals surface area contributed by atoms with Gasteiger partial charge in [0.25, 0.3) is 5.91 Å². The van der Waals surface area contributed by atoms with Gasteiger partial charge in [-0.1, -0.05) is 17.4 Å². The number of rotatable bonds is 5. The molecule has 2 saturated heterocycles. The Morgan fingerprint density at radius 3 is 2.48 bits per heavy atom. The van der Waals surface area contributed by atoms with Crippen LogP contribution < -0.4 is 15.3 Å². The molecule has 0 spiro atoms. The third-order valence-electron chi connectivity index (χ3n) is 5.25. The molecule has 9 nitrogen and oxygen atoms in total. The van der Waals surface area contributed by atoms with Crippen LogP contribution in [0.15, 0.2) is 35.4 Å². The molecule has 0 atom stereocenters. The largest absolute Gasteiger partial charge is 0.371 e. The van der Waals surface area contributed by atoms with E-state index in [1.165, 1.54) is 10.5 Å². The van der Waals surface area contributed by atoms with Crippen LogP contribution in [0, 0.1) is 0 Å². The monoisotopic (exact) mass is 437 g/mol. The summed E-state index contributed by atoms with van der Waals surface area (Å²) >= 11 is 1.16. The van der Waals surface area contributed by atoms with E-state index in [4.69, 9.17) is 5.21 Å². The maximum absolute atomic E-state index is 13.1. The molecular weight excluding hydrogens is 414 g/mol. The Bertz CT molecular complexity index is 980. The number of carbonyl (C=O) groups is 1. The topological polar surface area (TPSA) is 106 Å². The van der Waals surface area contributed by atoms with Crippen molar-refractivity contribution in [1.82, 2.24) is 14.8 Å². The van der Waals surface area contributed by atoms with Gasteiger partial charge in [-0.25, -0.2) is 18.9 Å². The Balaban J connectivity index is 1.44. The molecule has 29 heavy (non-hydrogen) atoms. The molecule has 0 unspecified atom stereocenters. The molecule has 156 valence electrons. The van der Waals surface area contributed by atoms with Gasteiger partial charge in [0, 0.05) is 45.0 Å². The summed E-state index contributed by atoms with van der Waals surface area (Å²) in [6, 6.07) is 7.19. The standard InChI is InChI=1S/C18H23N5O4S2/c24-17(20-25)16-13-19-18(28-16)22-8-10-23(11-9-22)29(26,27)15-5-3-4-14(12-15)21-6-1-2-7-21/h3-5,12-13,25H,1-2,6-11H2,(H,20,24). The molecule has 11 heteroatoms. The lowest BCUT2D eigenvalue weighted by Crippen LogP contribution is -2.48. The van der Waals surface area contributed by atoms with E-state index in [-0.39, 0.29) is 0 Å². The Morgan fingerprint density at radius 2 is 1.79 bits per heavy atom. The summed E-state index contributed by atoms with van der Waals surface area (Å²) in [7, 11) is -3.57. The second kappa shape index (κ2) is 8.27. The van der Waals surface area contributed by atoms with Gasteiger partial charge in [0.15, 0.2) is 5.13 Å². The van der Waals surface area contributed by atoms with Gasteiger partial charge >= 0.3 is 0 Å². The molecule has 1 aromatic heterocycles. The van der Waals surface area contributed by atoms with Crippen LogP contribution in [0.3, 0.4) is 0 Å². The van der Waals surface area contributed by atoms with E-state index in [0.29, 0.717) is 41.1 Å². The number of sulfonamides is 1. The molecular formula is C18H23N5O4S2. The molecule has 2 aliphatic heterocycles. The SMILES string of the molecule is O=C(NO)c1cnc(N2CCN(S(=O)(=O)c3cccc(N4CCCC4)c3)CC2)s1. The average molecular weight is 438 g/mol. The van der Waals surface area contributed by atoms with Gasteiger partial charge < -0.3 is 9.80 Å². The third kappa shape index (κ3) is 4.08. The van der Waals surface area contributed by atoms with Crippen LogP contribution in [0.5, 0.6) is 0 Å². The van der Waals surface area contributed by atoms with Crippen molar-refractivity contribution < 1.29 is 18.4 Å². The van der Waals surface area contributed by atoms with E-state index in [2.05, 4.69) is 9.88 Å². The molecule has 2 N–H and O–H groups in total. The number of carbonyl (C=O) groups excluding carboxylic acids is 1. The van der Waals surface area contributed by atoms with E-state index in [9.17, 15) is 13.2 Å². The molecule has 2 aromatic rings. The molecule has 2 fully saturated rings. The lowest BCUT2D eigenvalue weighted by molar-refractivity contribution is 0.0710. The zero-order chi connectivity index (χ0) is 20.4. The van der Waals surface area contributed by atoms with E-state index >= 15 is 0 Å². The minimum absolute atomic E-state index is 0.302. The molecule has 2 aliphatic rings. The maximum atomic E-state index is 13.1. The van der Waals surface area contributed by atoms with Crippen LogP contribution >= 0.6 is 11.3 Å². The van der Waals surface area contributed by atoms with Gasteiger partial charge in [0.2, 0.25) is 10.0 Å². The zero-order valence-corrected chi connectivity index (χ0v) is 17.5. The molecule has 0 aliphatic carbocycles. The number of hydrogen-bond donors (Lipinski definition) is 2. The fraction of sp³-hybridized carbons (Fsp3) is 0.444. The van der Waals surface area contributed by atoms with Crippen molar-refractivity contribution >= 4 is 38.1 Å². The summed E-state index contributed by atoms with van der Waals surface area (Å²) < 4.78 is 27.8. The van der Waals surface area contributed by atoms with Crippen molar-refractivity contribution in [2.45, 2.75) is 17.7 Å². The molecule has 0 bridgehead atoms. The second-order valence-corrected chi connectivity index (χ2v) is 9.98. The number of thiazole rings is 1. The first-order valence-corrected chi connectivity index (χ1v) is 11.7. The van der Waals surface area contributed by atoms with Crippen molar-refractivity contribution in [3.05, 3.63) is 35.3 Å². The summed E-state index contributed by atoms with van der Waals surface area (Å²) in [6.45, 7) is 3.59. The maximum Gasteiger partial charge on any atom is 0.286 e. The number of anilines is 2. The van der Waals surface area contributed by atoms with Gasteiger partial charge in [-0.2, -0.15) is 4.31 Å². The molecule has 0 saturated carbocycles. The number of aromatic nitrogens is 1. The predicted octanol–water partition coefficient (Wildman–Crippen LogP) is 1.37. The first-order valence-electron chi connectivity index (χ1n) is 9.49. The van der Waals surface area contributed by atoms with E-state index < -0.39 is 15.9 Å². The molecule has 4 rings (SSSR count). The minimum Gasteiger partial charge on any atom is -0.371 e. The average Bonchev–Trinajstić information content (AvgIpc) is 3.46. The highest BCUT2D eigenvalue weighted by molar-refractivity contribution is 7.89. The third-order valence-corrected chi connectivity index (χ3v) is 8.21. The quantitative estimate of drug-likeness (QED) is 0.538. The van der Waals surface area contributed by atoms with Crippen LogP contribution in [-0.4, -0.2) is 68.1 Å². The van der Waals surface area contributed by atoms with Gasteiger partial charge in [-0.05, 0) is 31.0 Å². The van der Waals surface area contributed by atoms with E-state index in [1.807, 2.05) is 11.0 Å². The van der Waals surface area contributed by atoms with Crippen LogP contribution in [0.1, 0.15) is 22.5 Å². The van der Waals surface area contributed by atoms with Crippen LogP contribution in [-0.2, 0) is 10.0 Å². The van der Waals surface area contributed by atoms with Crippen molar-refractivity contribution in [3.8, 4) is 0 Å². The summed E-state index contributed by atoms with van der Waals surface area (Å²) in [6.07, 6.45) is 3.67. The van der Waals surface area contributed by atoms with E-state index in [1.54, 1.807) is 23.7 Å². The van der Waals surface area contributed by atoms with Gasteiger partial charge in [0.1, 0.15) is 4.88 Å².